The van der Waals surface area contributed by atoms with Crippen LogP contribution >= 0.6 is 0 Å². The fraction of sp³-hybridized carbons (Fsp3) is 0.375. The number of fused-ring (bicyclic) bond motifs is 1. The summed E-state index contributed by atoms with van der Waals surface area (Å²) in [4.78, 5) is 10.4. The first-order valence-electron chi connectivity index (χ1n) is 4.72. The van der Waals surface area contributed by atoms with E-state index in [0.717, 1.165) is 6.26 Å². The molecule has 2 rings (SSSR count). The average Bonchev–Trinajstić information content (AvgIpc) is 2.58. The van der Waals surface area contributed by atoms with Crippen molar-refractivity contribution in [1.29, 1.82) is 0 Å². The van der Waals surface area contributed by atoms with Gasteiger partial charge in [-0.2, -0.15) is 5.10 Å². The number of sulfonamides is 1. The second-order valence-corrected chi connectivity index (χ2v) is 5.35. The third-order valence-corrected chi connectivity index (χ3v) is 2.73. The van der Waals surface area contributed by atoms with Gasteiger partial charge in [0.15, 0.2) is 11.5 Å². The standard InChI is InChI=1S/C8H12N6O2S/c1-13-7-6(4-11-13)8(10-5-9-7)14(2)12-17(3,15)16/h4-5,12H,1-3H3. The van der Waals surface area contributed by atoms with E-state index in [1.54, 1.807) is 25.0 Å². The number of rotatable bonds is 3. The maximum absolute atomic E-state index is 11.1. The van der Waals surface area contributed by atoms with Crippen LogP contribution < -0.4 is 9.84 Å². The van der Waals surface area contributed by atoms with Crippen molar-refractivity contribution in [3.05, 3.63) is 12.5 Å². The quantitative estimate of drug-likeness (QED) is 0.727. The number of nitrogens with one attached hydrogen (secondary N) is 1. The molecule has 2 aromatic rings. The zero-order valence-electron chi connectivity index (χ0n) is 9.62. The molecular formula is C8H12N6O2S. The Morgan fingerprint density at radius 3 is 2.76 bits per heavy atom. The van der Waals surface area contributed by atoms with E-state index in [9.17, 15) is 8.42 Å². The van der Waals surface area contributed by atoms with E-state index in [-0.39, 0.29) is 0 Å². The molecule has 0 aromatic carbocycles. The number of anilines is 1. The highest BCUT2D eigenvalue weighted by atomic mass is 32.2. The van der Waals surface area contributed by atoms with Crippen LogP contribution in [0.1, 0.15) is 0 Å². The van der Waals surface area contributed by atoms with Gasteiger partial charge in [-0.1, -0.05) is 0 Å². The van der Waals surface area contributed by atoms with E-state index in [4.69, 9.17) is 0 Å². The van der Waals surface area contributed by atoms with E-state index >= 15 is 0 Å². The lowest BCUT2D eigenvalue weighted by Crippen LogP contribution is -2.39. The smallest absolute Gasteiger partial charge is 0.225 e. The molecule has 0 spiro atoms. The monoisotopic (exact) mass is 256 g/mol. The van der Waals surface area contributed by atoms with Gasteiger partial charge in [0, 0.05) is 14.1 Å². The topological polar surface area (TPSA) is 93.0 Å². The van der Waals surface area contributed by atoms with Crippen molar-refractivity contribution >= 4 is 26.9 Å². The van der Waals surface area contributed by atoms with Crippen molar-refractivity contribution in [2.45, 2.75) is 0 Å². The number of hydrogen-bond acceptors (Lipinski definition) is 6. The van der Waals surface area contributed by atoms with Gasteiger partial charge >= 0.3 is 0 Å². The molecule has 1 N–H and O–H groups in total. The first-order valence-corrected chi connectivity index (χ1v) is 6.61. The maximum Gasteiger partial charge on any atom is 0.225 e. The fourth-order valence-electron chi connectivity index (χ4n) is 1.51. The molecule has 17 heavy (non-hydrogen) atoms. The molecule has 8 nitrogen and oxygen atoms in total. The molecule has 0 amide bonds. The van der Waals surface area contributed by atoms with Crippen LogP contribution in [0.5, 0.6) is 0 Å². The van der Waals surface area contributed by atoms with Gasteiger partial charge in [-0.25, -0.2) is 18.4 Å². The zero-order valence-corrected chi connectivity index (χ0v) is 10.4. The third-order valence-electron chi connectivity index (χ3n) is 2.13. The molecule has 0 aliphatic rings. The van der Waals surface area contributed by atoms with Gasteiger partial charge < -0.3 is 0 Å². The molecule has 9 heteroatoms. The highest BCUT2D eigenvalue weighted by molar-refractivity contribution is 7.88. The molecule has 0 saturated carbocycles. The molecule has 0 aliphatic heterocycles. The van der Waals surface area contributed by atoms with E-state index in [2.05, 4.69) is 19.9 Å². The lowest BCUT2D eigenvalue weighted by Gasteiger charge is -2.17. The molecule has 0 radical (unpaired) electrons. The number of hydrogen-bond donors (Lipinski definition) is 1. The van der Waals surface area contributed by atoms with Crippen molar-refractivity contribution in [3.8, 4) is 0 Å². The Balaban J connectivity index is 2.48. The Bertz CT molecular complexity index is 649. The Morgan fingerprint density at radius 2 is 2.12 bits per heavy atom. The Labute approximate surface area is 98.3 Å². The van der Waals surface area contributed by atoms with E-state index in [1.807, 2.05) is 0 Å². The van der Waals surface area contributed by atoms with E-state index in [1.165, 1.54) is 11.3 Å². The first-order chi connectivity index (χ1) is 7.88. The molecule has 2 aromatic heterocycles. The molecular weight excluding hydrogens is 244 g/mol. The summed E-state index contributed by atoms with van der Waals surface area (Å²) in [6.45, 7) is 0. The Kier molecular flexibility index (Phi) is 2.71. The predicted octanol–water partition coefficient (Wildman–Crippen LogP) is -0.736. The molecule has 0 saturated heterocycles. The number of aryl methyl sites for hydroxylation is 1. The summed E-state index contributed by atoms with van der Waals surface area (Å²) in [7, 11) is -0.0267. The van der Waals surface area contributed by atoms with Crippen LogP contribution in [-0.2, 0) is 17.1 Å². The average molecular weight is 256 g/mol. The third kappa shape index (κ3) is 2.34. The van der Waals surface area contributed by atoms with Crippen molar-refractivity contribution in [1.82, 2.24) is 24.6 Å². The summed E-state index contributed by atoms with van der Waals surface area (Å²) >= 11 is 0. The zero-order chi connectivity index (χ0) is 12.6. The van der Waals surface area contributed by atoms with Crippen LogP contribution in [0.25, 0.3) is 11.0 Å². The number of aromatic nitrogens is 4. The SMILES string of the molecule is CN(NS(C)(=O)=O)c1ncnc2c1cnn2C. The highest BCUT2D eigenvalue weighted by Crippen LogP contribution is 2.19. The normalized spacial score (nSPS) is 11.9. The van der Waals surface area contributed by atoms with Crippen LogP contribution in [0.2, 0.25) is 0 Å². The summed E-state index contributed by atoms with van der Waals surface area (Å²) in [5.41, 5.74) is 0.636. The maximum atomic E-state index is 11.1. The van der Waals surface area contributed by atoms with Gasteiger partial charge in [-0.15, -0.1) is 4.83 Å². The minimum Gasteiger partial charge on any atom is -0.281 e. The van der Waals surface area contributed by atoms with Gasteiger partial charge in [0.25, 0.3) is 0 Å². The Hall–Kier alpha value is -1.74. The van der Waals surface area contributed by atoms with Gasteiger partial charge in [0.2, 0.25) is 10.0 Å². The lowest BCUT2D eigenvalue weighted by atomic mass is 10.4. The van der Waals surface area contributed by atoms with Crippen LogP contribution in [-0.4, -0.2) is 41.5 Å². The molecule has 0 fully saturated rings. The minimum absolute atomic E-state index is 0.452. The van der Waals surface area contributed by atoms with Crippen LogP contribution in [0.4, 0.5) is 5.82 Å². The summed E-state index contributed by atoms with van der Waals surface area (Å²) in [5, 5.41) is 6.04. The predicted molar refractivity (Wildman–Crippen MR) is 62.7 cm³/mol. The summed E-state index contributed by atoms with van der Waals surface area (Å²) in [5.74, 6) is 0.452. The van der Waals surface area contributed by atoms with E-state index in [0.29, 0.717) is 16.9 Å². The fourth-order valence-corrected chi connectivity index (χ4v) is 2.09. The number of hydrazine groups is 1. The first kappa shape index (κ1) is 11.7. The molecule has 0 bridgehead atoms. The Morgan fingerprint density at radius 1 is 1.41 bits per heavy atom. The minimum atomic E-state index is -3.35. The van der Waals surface area contributed by atoms with Crippen molar-refractivity contribution in [3.63, 3.8) is 0 Å². The van der Waals surface area contributed by atoms with E-state index < -0.39 is 10.0 Å². The van der Waals surface area contributed by atoms with Crippen LogP contribution in [0.3, 0.4) is 0 Å². The molecule has 2 heterocycles. The molecule has 0 atom stereocenters. The van der Waals surface area contributed by atoms with Crippen LogP contribution in [0, 0.1) is 0 Å². The van der Waals surface area contributed by atoms with Gasteiger partial charge in [0.1, 0.15) is 6.33 Å². The highest BCUT2D eigenvalue weighted by Gasteiger charge is 2.14. The summed E-state index contributed by atoms with van der Waals surface area (Å²) < 4.78 is 23.9. The lowest BCUT2D eigenvalue weighted by molar-refractivity contribution is 0.586. The molecule has 0 aliphatic carbocycles. The molecule has 0 unspecified atom stereocenters. The summed E-state index contributed by atoms with van der Waals surface area (Å²) in [6.07, 6.45) is 4.02. The van der Waals surface area contributed by atoms with Crippen molar-refractivity contribution in [2.75, 3.05) is 18.3 Å². The van der Waals surface area contributed by atoms with Gasteiger partial charge in [0.05, 0.1) is 17.8 Å². The van der Waals surface area contributed by atoms with Crippen molar-refractivity contribution in [2.24, 2.45) is 7.05 Å². The second kappa shape index (κ2) is 3.93. The molecule has 92 valence electrons. The van der Waals surface area contributed by atoms with Crippen molar-refractivity contribution < 1.29 is 8.42 Å². The second-order valence-electron chi connectivity index (χ2n) is 3.63. The van der Waals surface area contributed by atoms with Gasteiger partial charge in [-0.3, -0.25) is 9.69 Å². The van der Waals surface area contributed by atoms with Crippen LogP contribution in [0.15, 0.2) is 12.5 Å². The van der Waals surface area contributed by atoms with Gasteiger partial charge in [-0.05, 0) is 0 Å². The largest absolute Gasteiger partial charge is 0.281 e. The summed E-state index contributed by atoms with van der Waals surface area (Å²) in [6, 6.07) is 0. The number of nitrogens with zero attached hydrogens (tertiary/aromatic N) is 5.